The third-order valence-electron chi connectivity index (χ3n) is 6.58. The summed E-state index contributed by atoms with van der Waals surface area (Å²) < 4.78 is 30.4. The number of carbonyl (C=O) groups is 1. The number of nitrogens with zero attached hydrogens (tertiary/aromatic N) is 4. The number of fused-ring (bicyclic) bond motifs is 1. The van der Waals surface area contributed by atoms with Gasteiger partial charge in [-0.2, -0.15) is 4.98 Å². The van der Waals surface area contributed by atoms with Crippen LogP contribution in [0, 0.1) is 17.6 Å². The largest absolute Gasteiger partial charge is 0.393 e. The Morgan fingerprint density at radius 2 is 1.91 bits per heavy atom. The predicted octanol–water partition coefficient (Wildman–Crippen LogP) is 3.65. The molecule has 180 valence electrons. The Labute approximate surface area is 198 Å². The second-order valence-corrected chi connectivity index (χ2v) is 9.36. The number of amides is 1. The molecular weight excluding hydrogens is 468 g/mol. The SMILES string of the molecule is NC(=O)[C@H]1CC[C@H](n2c(Nc3cc(F)cc(Cl)c3F)nc3cnc(N[C@H]4C[C@H](O)C4)nc32)CC1. The summed E-state index contributed by atoms with van der Waals surface area (Å²) in [6, 6.07) is 1.89. The number of rotatable bonds is 6. The first kappa shape index (κ1) is 22.7. The molecule has 0 aliphatic heterocycles. The molecule has 2 aliphatic carbocycles. The smallest absolute Gasteiger partial charge is 0.224 e. The van der Waals surface area contributed by atoms with Crippen LogP contribution in [-0.2, 0) is 4.79 Å². The van der Waals surface area contributed by atoms with E-state index >= 15 is 0 Å². The Morgan fingerprint density at radius 1 is 1.18 bits per heavy atom. The van der Waals surface area contributed by atoms with Gasteiger partial charge in [0.25, 0.3) is 0 Å². The summed E-state index contributed by atoms with van der Waals surface area (Å²) >= 11 is 5.82. The fourth-order valence-electron chi connectivity index (χ4n) is 4.67. The van der Waals surface area contributed by atoms with E-state index in [-0.39, 0.29) is 46.7 Å². The molecule has 12 heteroatoms. The highest BCUT2D eigenvalue weighted by Gasteiger charge is 2.31. The summed E-state index contributed by atoms with van der Waals surface area (Å²) in [6.45, 7) is 0. The fraction of sp³-hybridized carbons (Fsp3) is 0.455. The number of hydrogen-bond acceptors (Lipinski definition) is 7. The van der Waals surface area contributed by atoms with Gasteiger partial charge in [0.05, 0.1) is 23.0 Å². The number of hydrogen-bond donors (Lipinski definition) is 4. The Balaban J connectivity index is 1.52. The number of imidazole rings is 1. The number of carbonyl (C=O) groups excluding carboxylic acids is 1. The second-order valence-electron chi connectivity index (χ2n) is 8.96. The van der Waals surface area contributed by atoms with Gasteiger partial charge < -0.3 is 21.5 Å². The van der Waals surface area contributed by atoms with Crippen LogP contribution in [0.2, 0.25) is 5.02 Å². The van der Waals surface area contributed by atoms with Crippen molar-refractivity contribution in [2.75, 3.05) is 10.6 Å². The lowest BCUT2D eigenvalue weighted by Crippen LogP contribution is -2.39. The zero-order valence-electron chi connectivity index (χ0n) is 18.1. The maximum absolute atomic E-state index is 14.6. The predicted molar refractivity (Wildman–Crippen MR) is 123 cm³/mol. The molecule has 1 amide bonds. The number of aliphatic hydroxyl groups is 1. The first-order valence-corrected chi connectivity index (χ1v) is 11.6. The Hall–Kier alpha value is -3.05. The van der Waals surface area contributed by atoms with Gasteiger partial charge in [-0.05, 0) is 44.6 Å². The number of aromatic nitrogens is 4. The van der Waals surface area contributed by atoms with E-state index in [0.29, 0.717) is 55.6 Å². The summed E-state index contributed by atoms with van der Waals surface area (Å²) in [5.41, 5.74) is 6.33. The van der Waals surface area contributed by atoms with Crippen molar-refractivity contribution in [1.29, 1.82) is 0 Å². The minimum Gasteiger partial charge on any atom is -0.393 e. The van der Waals surface area contributed by atoms with Gasteiger partial charge in [0.2, 0.25) is 17.8 Å². The molecule has 0 spiro atoms. The summed E-state index contributed by atoms with van der Waals surface area (Å²) in [7, 11) is 0. The van der Waals surface area contributed by atoms with E-state index < -0.39 is 11.6 Å². The van der Waals surface area contributed by atoms with Crippen LogP contribution in [0.5, 0.6) is 0 Å². The highest BCUT2D eigenvalue weighted by Crippen LogP contribution is 2.38. The van der Waals surface area contributed by atoms with Gasteiger partial charge in [0.15, 0.2) is 11.5 Å². The van der Waals surface area contributed by atoms with Crippen molar-refractivity contribution in [3.05, 3.63) is 35.0 Å². The highest BCUT2D eigenvalue weighted by atomic mass is 35.5. The summed E-state index contributed by atoms with van der Waals surface area (Å²) in [5.74, 6) is -1.34. The van der Waals surface area contributed by atoms with Crippen LogP contribution < -0.4 is 16.4 Å². The fourth-order valence-corrected chi connectivity index (χ4v) is 4.87. The van der Waals surface area contributed by atoms with Gasteiger partial charge in [-0.1, -0.05) is 11.6 Å². The lowest BCUT2D eigenvalue weighted by atomic mass is 9.85. The average molecular weight is 492 g/mol. The lowest BCUT2D eigenvalue weighted by molar-refractivity contribution is -0.122. The number of halogens is 3. The Morgan fingerprint density at radius 3 is 2.59 bits per heavy atom. The minimum atomic E-state index is -0.795. The summed E-state index contributed by atoms with van der Waals surface area (Å²) in [6.07, 6.45) is 4.96. The van der Waals surface area contributed by atoms with Crippen molar-refractivity contribution < 1.29 is 18.7 Å². The van der Waals surface area contributed by atoms with Crippen molar-refractivity contribution in [3.63, 3.8) is 0 Å². The van der Waals surface area contributed by atoms with E-state index in [1.165, 1.54) is 0 Å². The van der Waals surface area contributed by atoms with Crippen LogP contribution in [0.1, 0.15) is 44.6 Å². The molecule has 5 N–H and O–H groups in total. The van der Waals surface area contributed by atoms with Crippen molar-refractivity contribution in [2.45, 2.75) is 56.7 Å². The van der Waals surface area contributed by atoms with E-state index in [1.54, 1.807) is 6.20 Å². The highest BCUT2D eigenvalue weighted by molar-refractivity contribution is 6.31. The molecule has 2 fully saturated rings. The van der Waals surface area contributed by atoms with E-state index in [2.05, 4.69) is 25.6 Å². The molecule has 2 aliphatic rings. The normalized spacial score (nSPS) is 24.6. The van der Waals surface area contributed by atoms with Gasteiger partial charge in [-0.15, -0.1) is 0 Å². The van der Waals surface area contributed by atoms with Crippen LogP contribution >= 0.6 is 11.6 Å². The van der Waals surface area contributed by atoms with E-state index in [0.717, 1.165) is 12.1 Å². The second kappa shape index (κ2) is 8.95. The van der Waals surface area contributed by atoms with Gasteiger partial charge in [0.1, 0.15) is 11.3 Å². The van der Waals surface area contributed by atoms with E-state index in [1.807, 2.05) is 4.57 Å². The Kier molecular flexibility index (Phi) is 5.98. The van der Waals surface area contributed by atoms with Crippen LogP contribution in [0.15, 0.2) is 18.3 Å². The molecule has 2 saturated carbocycles. The standard InChI is InChI=1S/C22H24ClF2N7O2/c23-15-5-11(24)6-16(18(15)25)29-22-30-17-9-27-21(28-12-7-14(33)8-12)31-20(17)32(22)13-3-1-10(2-4-13)19(26)34/h5-6,9-10,12-14,33H,1-4,7-8H2,(H2,26,34)(H,29,30)(H,27,28,31)/t10-,12-,13-,14-. The number of benzene rings is 1. The molecule has 9 nitrogen and oxygen atoms in total. The van der Waals surface area contributed by atoms with E-state index in [4.69, 9.17) is 17.3 Å². The van der Waals surface area contributed by atoms with Crippen molar-refractivity contribution in [2.24, 2.45) is 11.7 Å². The molecule has 3 aromatic rings. The molecule has 2 heterocycles. The van der Waals surface area contributed by atoms with Crippen LogP contribution in [0.25, 0.3) is 11.2 Å². The van der Waals surface area contributed by atoms with Crippen molar-refractivity contribution >= 4 is 46.3 Å². The average Bonchev–Trinajstić information content (AvgIpc) is 3.13. The molecule has 2 aromatic heterocycles. The number of nitrogens with one attached hydrogen (secondary N) is 2. The van der Waals surface area contributed by atoms with E-state index in [9.17, 15) is 18.7 Å². The molecular formula is C22H24ClF2N7O2. The zero-order valence-corrected chi connectivity index (χ0v) is 18.9. The molecule has 0 atom stereocenters. The molecule has 0 radical (unpaired) electrons. The quantitative estimate of drug-likeness (QED) is 0.387. The maximum atomic E-state index is 14.6. The molecule has 34 heavy (non-hydrogen) atoms. The summed E-state index contributed by atoms with van der Waals surface area (Å²) in [5, 5.41) is 15.3. The first-order valence-electron chi connectivity index (χ1n) is 11.2. The Bertz CT molecular complexity index is 1240. The first-order chi connectivity index (χ1) is 16.3. The van der Waals surface area contributed by atoms with Crippen LogP contribution in [0.3, 0.4) is 0 Å². The number of anilines is 3. The molecule has 1 aromatic carbocycles. The molecule has 0 unspecified atom stereocenters. The van der Waals surface area contributed by atoms with Gasteiger partial charge in [-0.25, -0.2) is 18.7 Å². The third kappa shape index (κ3) is 4.37. The third-order valence-corrected chi connectivity index (χ3v) is 6.86. The molecule has 0 saturated heterocycles. The summed E-state index contributed by atoms with van der Waals surface area (Å²) in [4.78, 5) is 25.1. The molecule has 0 bridgehead atoms. The monoisotopic (exact) mass is 491 g/mol. The lowest BCUT2D eigenvalue weighted by Gasteiger charge is -2.32. The van der Waals surface area contributed by atoms with Gasteiger partial charge in [-0.3, -0.25) is 9.36 Å². The number of aliphatic hydroxyl groups excluding tert-OH is 1. The minimum absolute atomic E-state index is 0.0796. The van der Waals surface area contributed by atoms with Crippen LogP contribution in [-0.4, -0.2) is 42.7 Å². The van der Waals surface area contributed by atoms with Crippen molar-refractivity contribution in [1.82, 2.24) is 19.5 Å². The zero-order chi connectivity index (χ0) is 24.0. The topological polar surface area (TPSA) is 131 Å². The van der Waals surface area contributed by atoms with Crippen molar-refractivity contribution in [3.8, 4) is 0 Å². The molecule has 5 rings (SSSR count). The number of primary amides is 1. The number of nitrogens with two attached hydrogens (primary N) is 1. The van der Waals surface area contributed by atoms with Crippen LogP contribution in [0.4, 0.5) is 26.4 Å². The van der Waals surface area contributed by atoms with Gasteiger partial charge in [0, 0.05) is 24.1 Å². The maximum Gasteiger partial charge on any atom is 0.224 e. The van der Waals surface area contributed by atoms with Gasteiger partial charge >= 0.3 is 0 Å².